The van der Waals surface area contributed by atoms with E-state index in [2.05, 4.69) is 57.7 Å². The number of imide groups is 1. The molecule has 3 aromatic carbocycles. The number of para-hydroxylation sites is 2. The van der Waals surface area contributed by atoms with Crippen molar-refractivity contribution >= 4 is 55.4 Å². The molecule has 5 heterocycles. The van der Waals surface area contributed by atoms with Crippen LogP contribution in [-0.4, -0.2) is 46.5 Å². The highest BCUT2D eigenvalue weighted by molar-refractivity contribution is 6.39. The molecule has 5 aromatic rings. The van der Waals surface area contributed by atoms with Crippen LogP contribution in [0.1, 0.15) is 39.6 Å². The van der Waals surface area contributed by atoms with Crippen molar-refractivity contribution in [3.8, 4) is 0 Å². The van der Waals surface area contributed by atoms with Crippen LogP contribution in [-0.2, 0) is 4.74 Å². The van der Waals surface area contributed by atoms with Crippen LogP contribution in [0.5, 0.6) is 0 Å². The predicted octanol–water partition coefficient (Wildman–Crippen LogP) is 4.39. The van der Waals surface area contributed by atoms with Gasteiger partial charge in [-0.15, -0.1) is 0 Å². The van der Waals surface area contributed by atoms with Gasteiger partial charge in [0.05, 0.1) is 33.2 Å². The van der Waals surface area contributed by atoms with E-state index in [0.717, 1.165) is 56.6 Å². The van der Waals surface area contributed by atoms with Crippen molar-refractivity contribution in [2.45, 2.75) is 18.9 Å². The van der Waals surface area contributed by atoms with E-state index < -0.39 is 0 Å². The first kappa shape index (κ1) is 18.7. The molecule has 1 N–H and O–H groups in total. The zero-order valence-corrected chi connectivity index (χ0v) is 18.8. The largest absolute Gasteiger partial charge is 0.334 e. The maximum absolute atomic E-state index is 13.2. The van der Waals surface area contributed by atoms with Gasteiger partial charge in [-0.25, -0.2) is 0 Å². The van der Waals surface area contributed by atoms with E-state index in [9.17, 15) is 9.59 Å². The number of hydrogen-bond acceptors (Lipinski definition) is 4. The van der Waals surface area contributed by atoms with Gasteiger partial charge in [0.1, 0.15) is 12.5 Å². The van der Waals surface area contributed by atoms with Crippen LogP contribution in [0.25, 0.3) is 43.6 Å². The molecule has 1 fully saturated rings. The van der Waals surface area contributed by atoms with Gasteiger partial charge in [0.2, 0.25) is 0 Å². The molecule has 0 spiro atoms. The van der Waals surface area contributed by atoms with Crippen molar-refractivity contribution in [3.63, 3.8) is 0 Å². The lowest BCUT2D eigenvalue weighted by molar-refractivity contribution is -0.0352. The van der Waals surface area contributed by atoms with Crippen molar-refractivity contribution in [1.82, 2.24) is 19.4 Å². The van der Waals surface area contributed by atoms with Crippen LogP contribution < -0.4 is 5.32 Å². The highest BCUT2D eigenvalue weighted by Crippen LogP contribution is 2.53. The van der Waals surface area contributed by atoms with Gasteiger partial charge in [0, 0.05) is 40.4 Å². The lowest BCUT2D eigenvalue weighted by Crippen LogP contribution is -2.26. The van der Waals surface area contributed by atoms with E-state index in [1.54, 1.807) is 0 Å². The van der Waals surface area contributed by atoms with Gasteiger partial charge in [-0.2, -0.15) is 0 Å². The number of hydrogen-bond donors (Lipinski definition) is 1. The maximum atomic E-state index is 13.2. The standard InChI is InChI=1S/C27H22N4O3/c1-29(2)12-13-11-18-30-16-9-5-3-7-14(16)19-21-22(26(33)28-25(21)32)20-15-8-4-6-10-17(15)31(27(13)34-18)24(20)23(19)30/h3-10,13,18,27H,11-12H2,1-2H3,(H,28,32,33)/t13-,18-,27+/m0/s1. The van der Waals surface area contributed by atoms with Gasteiger partial charge in [0.15, 0.2) is 0 Å². The van der Waals surface area contributed by atoms with Crippen molar-refractivity contribution in [2.24, 2.45) is 5.92 Å². The van der Waals surface area contributed by atoms with Gasteiger partial charge < -0.3 is 18.8 Å². The fourth-order valence-corrected chi connectivity index (χ4v) is 6.77. The summed E-state index contributed by atoms with van der Waals surface area (Å²) in [6.45, 7) is 0.900. The summed E-state index contributed by atoms with van der Waals surface area (Å²) in [5.74, 6) is -0.351. The molecule has 7 nitrogen and oxygen atoms in total. The molecule has 0 saturated carbocycles. The minimum Gasteiger partial charge on any atom is -0.334 e. The number of carbonyl (C=O) groups is 2. The van der Waals surface area contributed by atoms with E-state index in [-0.39, 0.29) is 30.2 Å². The Morgan fingerprint density at radius 1 is 0.882 bits per heavy atom. The van der Waals surface area contributed by atoms with Crippen LogP contribution in [0.2, 0.25) is 0 Å². The van der Waals surface area contributed by atoms with Gasteiger partial charge in [-0.3, -0.25) is 14.9 Å². The molecule has 0 unspecified atom stereocenters. The Morgan fingerprint density at radius 3 is 2.06 bits per heavy atom. The van der Waals surface area contributed by atoms with Crippen LogP contribution >= 0.6 is 0 Å². The topological polar surface area (TPSA) is 68.5 Å². The first-order valence-corrected chi connectivity index (χ1v) is 11.7. The Morgan fingerprint density at radius 2 is 1.44 bits per heavy atom. The zero-order chi connectivity index (χ0) is 22.9. The highest BCUT2D eigenvalue weighted by atomic mass is 16.5. The van der Waals surface area contributed by atoms with E-state index in [4.69, 9.17) is 4.74 Å². The first-order chi connectivity index (χ1) is 16.5. The van der Waals surface area contributed by atoms with E-state index >= 15 is 0 Å². The number of nitrogens with one attached hydrogen (secondary N) is 1. The van der Waals surface area contributed by atoms with Crippen LogP contribution in [0.3, 0.4) is 0 Å². The number of fused-ring (bicyclic) bond motifs is 13. The average molecular weight is 450 g/mol. The minimum absolute atomic E-state index is 0.141. The third-order valence-corrected chi connectivity index (χ3v) is 7.82. The monoisotopic (exact) mass is 450 g/mol. The van der Waals surface area contributed by atoms with Gasteiger partial charge >= 0.3 is 0 Å². The summed E-state index contributed by atoms with van der Waals surface area (Å²) in [5, 5.41) is 6.26. The van der Waals surface area contributed by atoms with E-state index in [0.29, 0.717) is 11.1 Å². The molecule has 2 aromatic heterocycles. The third kappa shape index (κ3) is 2.02. The number of aromatic nitrogens is 2. The second-order valence-corrected chi connectivity index (χ2v) is 9.99. The third-order valence-electron chi connectivity index (χ3n) is 7.82. The van der Waals surface area contributed by atoms with E-state index in [1.807, 2.05) is 24.3 Å². The molecule has 3 atom stereocenters. The molecular formula is C27H22N4O3. The maximum Gasteiger partial charge on any atom is 0.259 e. The summed E-state index contributed by atoms with van der Waals surface area (Å²) in [4.78, 5) is 28.6. The lowest BCUT2D eigenvalue weighted by Gasteiger charge is -2.24. The molecular weight excluding hydrogens is 428 g/mol. The molecule has 3 aliphatic heterocycles. The van der Waals surface area contributed by atoms with E-state index in [1.165, 1.54) is 0 Å². The quantitative estimate of drug-likeness (QED) is 0.405. The molecule has 0 radical (unpaired) electrons. The summed E-state index contributed by atoms with van der Waals surface area (Å²) >= 11 is 0. The number of amides is 2. The summed E-state index contributed by atoms with van der Waals surface area (Å²) in [6, 6.07) is 16.3. The van der Waals surface area contributed by atoms with Crippen molar-refractivity contribution < 1.29 is 14.3 Å². The number of carbonyl (C=O) groups excluding carboxylic acids is 2. The highest BCUT2D eigenvalue weighted by Gasteiger charge is 2.45. The average Bonchev–Trinajstić information content (AvgIpc) is 3.50. The second kappa shape index (κ2) is 6.05. The fraction of sp³-hybridized carbons (Fsp3) is 0.259. The number of ether oxygens (including phenoxy) is 1. The predicted molar refractivity (Wildman–Crippen MR) is 130 cm³/mol. The SMILES string of the molecule is CN(C)C[C@@H]1C[C@@H]2O[C@H]1n1c3ccccc3c3c4c(c5c6ccccc6n2c5c31)C(=O)NC4=O. The molecule has 34 heavy (non-hydrogen) atoms. The Bertz CT molecular complexity index is 1760. The second-order valence-electron chi connectivity index (χ2n) is 9.99. The van der Waals surface area contributed by atoms with Crippen molar-refractivity contribution in [2.75, 3.05) is 20.6 Å². The summed E-state index contributed by atoms with van der Waals surface area (Å²) < 4.78 is 11.4. The summed E-state index contributed by atoms with van der Waals surface area (Å²) in [5.41, 5.74) is 5.04. The van der Waals surface area contributed by atoms with Crippen LogP contribution in [0.4, 0.5) is 0 Å². The molecule has 2 bridgehead atoms. The zero-order valence-electron chi connectivity index (χ0n) is 18.8. The van der Waals surface area contributed by atoms with Gasteiger partial charge in [0.25, 0.3) is 11.8 Å². The van der Waals surface area contributed by atoms with Gasteiger partial charge in [-0.1, -0.05) is 36.4 Å². The first-order valence-electron chi connectivity index (χ1n) is 11.7. The normalized spacial score (nSPS) is 23.2. The Hall–Kier alpha value is -3.68. The number of nitrogens with zero attached hydrogens (tertiary/aromatic N) is 3. The van der Waals surface area contributed by atoms with Gasteiger partial charge in [-0.05, 0) is 26.2 Å². The summed E-state index contributed by atoms with van der Waals surface area (Å²) in [7, 11) is 4.19. The fourth-order valence-electron chi connectivity index (χ4n) is 6.77. The van der Waals surface area contributed by atoms with Crippen molar-refractivity contribution in [3.05, 3.63) is 59.7 Å². The minimum atomic E-state index is -0.318. The molecule has 7 heteroatoms. The Labute approximate surface area is 194 Å². The Balaban J connectivity index is 1.69. The molecule has 168 valence electrons. The van der Waals surface area contributed by atoms with Crippen LogP contribution in [0.15, 0.2) is 48.5 Å². The number of rotatable bonds is 2. The van der Waals surface area contributed by atoms with Crippen LogP contribution in [0, 0.1) is 5.92 Å². The van der Waals surface area contributed by atoms with Crippen molar-refractivity contribution in [1.29, 1.82) is 0 Å². The number of benzene rings is 3. The summed E-state index contributed by atoms with van der Waals surface area (Å²) in [6.07, 6.45) is 0.582. The molecule has 3 aliphatic rings. The lowest BCUT2D eigenvalue weighted by atomic mass is 9.96. The molecule has 0 aliphatic carbocycles. The molecule has 2 amide bonds. The smallest absolute Gasteiger partial charge is 0.259 e. The Kier molecular flexibility index (Phi) is 3.33. The molecule has 8 rings (SSSR count). The molecule has 1 saturated heterocycles.